The maximum atomic E-state index is 12.8. The van der Waals surface area contributed by atoms with Crippen molar-refractivity contribution < 1.29 is 9.32 Å². The number of nitrogens with one attached hydrogen (secondary N) is 1. The van der Waals surface area contributed by atoms with Crippen LogP contribution in [-0.2, 0) is 0 Å². The Morgan fingerprint density at radius 1 is 1.38 bits per heavy atom. The summed E-state index contributed by atoms with van der Waals surface area (Å²) in [6.45, 7) is 2.36. The molecule has 8 heteroatoms. The Morgan fingerprint density at radius 3 is 3.04 bits per heavy atom. The van der Waals surface area contributed by atoms with Gasteiger partial charge in [-0.05, 0) is 26.2 Å². The zero-order valence-corrected chi connectivity index (χ0v) is 13.2. The van der Waals surface area contributed by atoms with Gasteiger partial charge in [0, 0.05) is 30.9 Å². The summed E-state index contributed by atoms with van der Waals surface area (Å²) in [5, 5.41) is 6.64. The van der Waals surface area contributed by atoms with E-state index in [0.29, 0.717) is 29.3 Å². The fraction of sp³-hybridized carbons (Fsp3) is 0.375. The van der Waals surface area contributed by atoms with Gasteiger partial charge in [0.2, 0.25) is 0 Å². The minimum Gasteiger partial charge on any atom is -0.361 e. The van der Waals surface area contributed by atoms with Gasteiger partial charge < -0.3 is 9.42 Å². The summed E-state index contributed by atoms with van der Waals surface area (Å²) in [5.74, 6) is 0.407. The number of aromatic nitrogens is 4. The van der Waals surface area contributed by atoms with Crippen molar-refractivity contribution in [2.75, 3.05) is 6.54 Å². The molecule has 0 aromatic carbocycles. The molecular formula is C16H17N5O3. The highest BCUT2D eigenvalue weighted by molar-refractivity contribution is 5.92. The van der Waals surface area contributed by atoms with Gasteiger partial charge in [0.05, 0.1) is 11.7 Å². The van der Waals surface area contributed by atoms with Crippen molar-refractivity contribution in [2.24, 2.45) is 0 Å². The predicted molar refractivity (Wildman–Crippen MR) is 84.7 cm³/mol. The van der Waals surface area contributed by atoms with Crippen molar-refractivity contribution in [1.29, 1.82) is 0 Å². The van der Waals surface area contributed by atoms with Crippen LogP contribution in [-0.4, -0.2) is 37.1 Å². The molecule has 0 saturated carbocycles. The molecule has 1 aliphatic heterocycles. The van der Waals surface area contributed by atoms with E-state index in [1.807, 2.05) is 0 Å². The quantitative estimate of drug-likeness (QED) is 0.772. The number of hydrogen-bond donors (Lipinski definition) is 1. The van der Waals surface area contributed by atoms with Crippen LogP contribution < -0.4 is 5.56 Å². The first-order valence-corrected chi connectivity index (χ1v) is 7.95. The zero-order valence-electron chi connectivity index (χ0n) is 13.2. The minimum atomic E-state index is -0.226. The summed E-state index contributed by atoms with van der Waals surface area (Å²) >= 11 is 0. The molecular weight excluding hydrogens is 310 g/mol. The lowest BCUT2D eigenvalue weighted by Crippen LogP contribution is -2.39. The largest absolute Gasteiger partial charge is 0.361 e. The molecule has 8 nitrogen and oxygen atoms in total. The van der Waals surface area contributed by atoms with E-state index in [-0.39, 0.29) is 17.5 Å². The third kappa shape index (κ3) is 2.40. The number of aromatic amines is 1. The molecule has 24 heavy (non-hydrogen) atoms. The van der Waals surface area contributed by atoms with Gasteiger partial charge in [0.1, 0.15) is 5.76 Å². The summed E-state index contributed by atoms with van der Waals surface area (Å²) in [6, 6.07) is 4.64. The molecule has 1 amide bonds. The SMILES string of the molecule is Cc1cc(C(=O)N2CCCC[C@@H]2c2cc(=O)n3[nH]ccc3n2)no1. The van der Waals surface area contributed by atoms with Crippen LogP contribution in [0.3, 0.4) is 0 Å². The second-order valence-corrected chi connectivity index (χ2v) is 6.01. The topological polar surface area (TPSA) is 96.5 Å². The van der Waals surface area contributed by atoms with Crippen LogP contribution >= 0.6 is 0 Å². The van der Waals surface area contributed by atoms with E-state index in [1.54, 1.807) is 30.2 Å². The van der Waals surface area contributed by atoms with Crippen molar-refractivity contribution in [3.8, 4) is 0 Å². The molecule has 0 spiro atoms. The molecule has 0 aliphatic carbocycles. The molecule has 1 N–H and O–H groups in total. The number of hydrogen-bond acceptors (Lipinski definition) is 5. The van der Waals surface area contributed by atoms with Crippen molar-refractivity contribution in [3.05, 3.63) is 51.9 Å². The lowest BCUT2D eigenvalue weighted by atomic mass is 9.98. The Bertz CT molecular complexity index is 954. The molecule has 4 heterocycles. The van der Waals surface area contributed by atoms with E-state index in [4.69, 9.17) is 4.52 Å². The Hall–Kier alpha value is -2.90. The number of piperidine rings is 1. The summed E-state index contributed by atoms with van der Waals surface area (Å²) < 4.78 is 6.39. The number of carbonyl (C=O) groups excluding carboxylic acids is 1. The first kappa shape index (κ1) is 14.7. The molecule has 1 saturated heterocycles. The summed E-state index contributed by atoms with van der Waals surface area (Å²) in [5.41, 5.74) is 1.27. The van der Waals surface area contributed by atoms with E-state index in [9.17, 15) is 9.59 Å². The first-order chi connectivity index (χ1) is 11.6. The van der Waals surface area contributed by atoms with Crippen LogP contribution in [0.25, 0.3) is 5.65 Å². The molecule has 3 aromatic heterocycles. The molecule has 124 valence electrons. The molecule has 0 unspecified atom stereocenters. The highest BCUT2D eigenvalue weighted by atomic mass is 16.5. The number of rotatable bonds is 2. The van der Waals surface area contributed by atoms with Crippen LogP contribution in [0, 0.1) is 6.92 Å². The van der Waals surface area contributed by atoms with Crippen LogP contribution in [0.15, 0.2) is 33.7 Å². The van der Waals surface area contributed by atoms with Crippen molar-refractivity contribution in [3.63, 3.8) is 0 Å². The average molecular weight is 327 g/mol. The maximum absolute atomic E-state index is 12.8. The fourth-order valence-electron chi connectivity index (χ4n) is 3.21. The first-order valence-electron chi connectivity index (χ1n) is 7.95. The second kappa shape index (κ2) is 5.63. The Balaban J connectivity index is 1.73. The van der Waals surface area contributed by atoms with Crippen molar-refractivity contribution in [2.45, 2.75) is 32.2 Å². The molecule has 4 rings (SSSR count). The lowest BCUT2D eigenvalue weighted by molar-refractivity contribution is 0.0595. The van der Waals surface area contributed by atoms with Gasteiger partial charge in [0.15, 0.2) is 11.3 Å². The van der Waals surface area contributed by atoms with Crippen molar-refractivity contribution >= 4 is 11.6 Å². The van der Waals surface area contributed by atoms with E-state index < -0.39 is 0 Å². The number of amides is 1. The molecule has 3 aromatic rings. The summed E-state index contributed by atoms with van der Waals surface area (Å²) in [6.07, 6.45) is 4.34. The van der Waals surface area contributed by atoms with Crippen LogP contribution in [0.1, 0.15) is 47.2 Å². The number of nitrogens with zero attached hydrogens (tertiary/aromatic N) is 4. The van der Waals surface area contributed by atoms with E-state index in [1.165, 1.54) is 10.6 Å². The highest BCUT2D eigenvalue weighted by Crippen LogP contribution is 2.30. The smallest absolute Gasteiger partial charge is 0.276 e. The number of likely N-dealkylation sites (tertiary alicyclic amines) is 1. The number of carbonyl (C=O) groups is 1. The van der Waals surface area contributed by atoms with Crippen LogP contribution in [0.4, 0.5) is 0 Å². The molecule has 1 aliphatic rings. The Morgan fingerprint density at radius 2 is 2.25 bits per heavy atom. The standard InChI is InChI=1S/C16H17N5O3/c1-10-8-12(19-24-10)16(23)20-7-3-2-4-13(20)11-9-15(22)21-14(18-11)5-6-17-21/h5-6,8-9,13,17H,2-4,7H2,1H3/t13-/m1/s1. The minimum absolute atomic E-state index is 0.185. The maximum Gasteiger partial charge on any atom is 0.276 e. The Kier molecular flexibility index (Phi) is 3.44. The molecule has 0 bridgehead atoms. The third-order valence-electron chi connectivity index (χ3n) is 4.35. The highest BCUT2D eigenvalue weighted by Gasteiger charge is 2.31. The monoisotopic (exact) mass is 327 g/mol. The number of aryl methyl sites for hydroxylation is 1. The predicted octanol–water partition coefficient (Wildman–Crippen LogP) is 1.69. The van der Waals surface area contributed by atoms with Gasteiger partial charge >= 0.3 is 0 Å². The summed E-state index contributed by atoms with van der Waals surface area (Å²) in [4.78, 5) is 31.3. The van der Waals surface area contributed by atoms with Gasteiger partial charge in [-0.2, -0.15) is 0 Å². The normalized spacial score (nSPS) is 18.2. The van der Waals surface area contributed by atoms with Gasteiger partial charge in [-0.1, -0.05) is 5.16 Å². The lowest BCUT2D eigenvalue weighted by Gasteiger charge is -2.34. The van der Waals surface area contributed by atoms with Crippen LogP contribution in [0.2, 0.25) is 0 Å². The van der Waals surface area contributed by atoms with Gasteiger partial charge in [-0.3, -0.25) is 14.7 Å². The molecule has 0 radical (unpaired) electrons. The van der Waals surface area contributed by atoms with E-state index in [2.05, 4.69) is 15.2 Å². The van der Waals surface area contributed by atoms with Gasteiger partial charge in [-0.15, -0.1) is 0 Å². The second-order valence-electron chi connectivity index (χ2n) is 6.01. The summed E-state index contributed by atoms with van der Waals surface area (Å²) in [7, 11) is 0. The molecule has 1 fully saturated rings. The van der Waals surface area contributed by atoms with E-state index in [0.717, 1.165) is 19.3 Å². The average Bonchev–Trinajstić information content (AvgIpc) is 3.23. The van der Waals surface area contributed by atoms with Gasteiger partial charge in [0.25, 0.3) is 11.5 Å². The Labute approximate surface area is 137 Å². The fourth-order valence-corrected chi connectivity index (χ4v) is 3.21. The zero-order chi connectivity index (χ0) is 16.7. The van der Waals surface area contributed by atoms with Crippen LogP contribution in [0.5, 0.6) is 0 Å². The van der Waals surface area contributed by atoms with Gasteiger partial charge in [-0.25, -0.2) is 9.50 Å². The number of H-pyrrole nitrogens is 1. The van der Waals surface area contributed by atoms with E-state index >= 15 is 0 Å². The number of fused-ring (bicyclic) bond motifs is 1. The molecule has 1 atom stereocenters. The van der Waals surface area contributed by atoms with Crippen molar-refractivity contribution in [1.82, 2.24) is 24.7 Å². The third-order valence-corrected chi connectivity index (χ3v) is 4.35.